The maximum Gasteiger partial charge on any atom is 0.223 e. The maximum absolute atomic E-state index is 12.6. The largest absolute Gasteiger partial charge is 0.486 e. The third kappa shape index (κ3) is 7.33. The van der Waals surface area contributed by atoms with Crippen LogP contribution in [0.15, 0.2) is 23.6 Å². The van der Waals surface area contributed by atoms with Crippen molar-refractivity contribution in [3.8, 4) is 5.75 Å². The number of carbonyl (C=O) groups excluding carboxylic acids is 1. The highest BCUT2D eigenvalue weighted by molar-refractivity contribution is 7.09. The summed E-state index contributed by atoms with van der Waals surface area (Å²) in [5.41, 5.74) is 3.33. The van der Waals surface area contributed by atoms with Crippen LogP contribution in [0, 0.1) is 25.7 Å². The summed E-state index contributed by atoms with van der Waals surface area (Å²) in [6.07, 6.45) is 0.583. The fourth-order valence-corrected chi connectivity index (χ4v) is 3.71. The molecule has 0 bridgehead atoms. The quantitative estimate of drug-likeness (QED) is 0.580. The molecule has 0 saturated carbocycles. The lowest BCUT2D eigenvalue weighted by Gasteiger charge is -2.24. The summed E-state index contributed by atoms with van der Waals surface area (Å²) in [6, 6.07) is 6.21. The molecule has 2 aromatic rings. The first-order valence-corrected chi connectivity index (χ1v) is 10.5. The molecule has 0 spiro atoms. The highest BCUT2D eigenvalue weighted by atomic mass is 32.1. The van der Waals surface area contributed by atoms with Crippen molar-refractivity contribution in [2.45, 2.75) is 61.1 Å². The number of carbonyl (C=O) groups is 1. The molecule has 1 aromatic carbocycles. The molecule has 1 heterocycles. The SMILES string of the molecule is Cc1cc(C)cc(OCc2nc(CN(CC(C)C)C(=O)CC(C)C)cs2)c1. The minimum absolute atomic E-state index is 0.208. The number of hydrogen-bond donors (Lipinski definition) is 0. The second-order valence-corrected chi connectivity index (χ2v) is 9.05. The van der Waals surface area contributed by atoms with Crippen LogP contribution >= 0.6 is 11.3 Å². The van der Waals surface area contributed by atoms with Crippen molar-refractivity contribution >= 4 is 17.2 Å². The van der Waals surface area contributed by atoms with E-state index in [0.717, 1.165) is 23.0 Å². The van der Waals surface area contributed by atoms with Gasteiger partial charge in [-0.3, -0.25) is 4.79 Å². The van der Waals surface area contributed by atoms with E-state index in [9.17, 15) is 4.79 Å². The van der Waals surface area contributed by atoms with Crippen molar-refractivity contribution in [3.63, 3.8) is 0 Å². The molecule has 0 atom stereocenters. The fourth-order valence-electron chi connectivity index (χ4n) is 3.02. The van der Waals surface area contributed by atoms with Gasteiger partial charge in [0.15, 0.2) is 0 Å². The van der Waals surface area contributed by atoms with Gasteiger partial charge in [-0.2, -0.15) is 0 Å². The summed E-state index contributed by atoms with van der Waals surface area (Å²) in [6.45, 7) is 14.4. The maximum atomic E-state index is 12.6. The van der Waals surface area contributed by atoms with Crippen LogP contribution in [0.25, 0.3) is 0 Å². The summed E-state index contributed by atoms with van der Waals surface area (Å²) in [4.78, 5) is 19.2. The first-order valence-electron chi connectivity index (χ1n) is 9.65. The van der Waals surface area contributed by atoms with Crippen LogP contribution in [0.5, 0.6) is 5.75 Å². The van der Waals surface area contributed by atoms with Crippen LogP contribution in [-0.2, 0) is 17.9 Å². The predicted octanol–water partition coefficient (Wildman–Crippen LogP) is 5.37. The molecular weight excluding hydrogens is 356 g/mol. The first-order chi connectivity index (χ1) is 12.7. The van der Waals surface area contributed by atoms with Gasteiger partial charge in [0.1, 0.15) is 17.4 Å². The molecule has 5 heteroatoms. The number of nitrogens with zero attached hydrogens (tertiary/aromatic N) is 2. The van der Waals surface area contributed by atoms with Gasteiger partial charge in [0.2, 0.25) is 5.91 Å². The number of thiazole rings is 1. The van der Waals surface area contributed by atoms with Gasteiger partial charge in [-0.05, 0) is 48.9 Å². The Kier molecular flexibility index (Phi) is 7.84. The number of aryl methyl sites for hydroxylation is 2. The van der Waals surface area contributed by atoms with Crippen molar-refractivity contribution in [3.05, 3.63) is 45.4 Å². The van der Waals surface area contributed by atoms with Crippen LogP contribution in [0.2, 0.25) is 0 Å². The average Bonchev–Trinajstić information content (AvgIpc) is 2.98. The third-order valence-corrected chi connectivity index (χ3v) is 4.90. The lowest BCUT2D eigenvalue weighted by Crippen LogP contribution is -2.34. The lowest BCUT2D eigenvalue weighted by atomic mass is 10.1. The summed E-state index contributed by atoms with van der Waals surface area (Å²) < 4.78 is 5.90. The van der Waals surface area contributed by atoms with E-state index in [4.69, 9.17) is 4.74 Å². The molecule has 0 fully saturated rings. The topological polar surface area (TPSA) is 42.4 Å². The van der Waals surface area contributed by atoms with Crippen LogP contribution in [-0.4, -0.2) is 22.3 Å². The molecule has 0 N–H and O–H groups in total. The van der Waals surface area contributed by atoms with Crippen LogP contribution < -0.4 is 4.74 Å². The Morgan fingerprint density at radius 2 is 1.78 bits per heavy atom. The summed E-state index contributed by atoms with van der Waals surface area (Å²) in [7, 11) is 0. The molecule has 0 saturated heterocycles. The minimum Gasteiger partial charge on any atom is -0.486 e. The zero-order chi connectivity index (χ0) is 20.0. The summed E-state index contributed by atoms with van der Waals surface area (Å²) in [5.74, 6) is 1.88. The smallest absolute Gasteiger partial charge is 0.223 e. The molecule has 148 valence electrons. The van der Waals surface area contributed by atoms with E-state index in [1.54, 1.807) is 11.3 Å². The Labute approximate surface area is 167 Å². The molecule has 1 amide bonds. The van der Waals surface area contributed by atoms with E-state index in [0.29, 0.717) is 31.4 Å². The highest BCUT2D eigenvalue weighted by Crippen LogP contribution is 2.20. The Balaban J connectivity index is 1.98. The Morgan fingerprint density at radius 1 is 1.11 bits per heavy atom. The second-order valence-electron chi connectivity index (χ2n) is 8.11. The van der Waals surface area contributed by atoms with Gasteiger partial charge >= 0.3 is 0 Å². The van der Waals surface area contributed by atoms with Gasteiger partial charge in [0, 0.05) is 18.3 Å². The van der Waals surface area contributed by atoms with Crippen LogP contribution in [0.4, 0.5) is 0 Å². The second kappa shape index (κ2) is 9.88. The Hall–Kier alpha value is -1.88. The fraction of sp³-hybridized carbons (Fsp3) is 0.545. The van der Waals surface area contributed by atoms with Gasteiger partial charge in [0.25, 0.3) is 0 Å². The zero-order valence-electron chi connectivity index (χ0n) is 17.4. The Bertz CT molecular complexity index is 732. The van der Waals surface area contributed by atoms with Crippen LogP contribution in [0.1, 0.15) is 55.9 Å². The van der Waals surface area contributed by atoms with E-state index in [1.165, 1.54) is 11.1 Å². The van der Waals surface area contributed by atoms with Crippen molar-refractivity contribution in [2.24, 2.45) is 11.8 Å². The monoisotopic (exact) mass is 388 g/mol. The molecule has 0 unspecified atom stereocenters. The van der Waals surface area contributed by atoms with Crippen molar-refractivity contribution < 1.29 is 9.53 Å². The number of rotatable bonds is 9. The van der Waals surface area contributed by atoms with Crippen molar-refractivity contribution in [2.75, 3.05) is 6.54 Å². The standard InChI is InChI=1S/C22H32N2O2S/c1-15(2)7-22(25)24(11-16(3)4)12-19-14-27-21(23-19)13-26-20-9-17(5)8-18(6)10-20/h8-10,14-16H,7,11-13H2,1-6H3. The number of ether oxygens (including phenoxy) is 1. The average molecular weight is 389 g/mol. The molecule has 0 aliphatic heterocycles. The molecule has 0 aliphatic carbocycles. The van der Waals surface area contributed by atoms with E-state index >= 15 is 0 Å². The lowest BCUT2D eigenvalue weighted by molar-refractivity contribution is -0.133. The van der Waals surface area contributed by atoms with Crippen molar-refractivity contribution in [1.29, 1.82) is 0 Å². The highest BCUT2D eigenvalue weighted by Gasteiger charge is 2.18. The molecule has 2 rings (SSSR count). The summed E-state index contributed by atoms with van der Waals surface area (Å²) in [5, 5.41) is 2.97. The predicted molar refractivity (Wildman–Crippen MR) is 112 cm³/mol. The number of benzene rings is 1. The minimum atomic E-state index is 0.208. The van der Waals surface area contributed by atoms with Crippen molar-refractivity contribution in [1.82, 2.24) is 9.88 Å². The van der Waals surface area contributed by atoms with Gasteiger partial charge in [-0.25, -0.2) is 4.98 Å². The molecule has 1 aromatic heterocycles. The van der Waals surface area contributed by atoms with Gasteiger partial charge in [-0.15, -0.1) is 11.3 Å². The van der Waals surface area contributed by atoms with Gasteiger partial charge in [0.05, 0.1) is 12.2 Å². The first kappa shape index (κ1) is 21.4. The molecule has 27 heavy (non-hydrogen) atoms. The van der Waals surface area contributed by atoms with Crippen LogP contribution in [0.3, 0.4) is 0 Å². The number of amides is 1. The van der Waals surface area contributed by atoms with E-state index in [-0.39, 0.29) is 5.91 Å². The summed E-state index contributed by atoms with van der Waals surface area (Å²) >= 11 is 1.59. The zero-order valence-corrected chi connectivity index (χ0v) is 18.2. The van der Waals surface area contributed by atoms with E-state index in [1.807, 2.05) is 22.4 Å². The molecule has 0 aliphatic rings. The van der Waals surface area contributed by atoms with E-state index < -0.39 is 0 Å². The van der Waals surface area contributed by atoms with Gasteiger partial charge in [-0.1, -0.05) is 33.8 Å². The van der Waals surface area contributed by atoms with Gasteiger partial charge < -0.3 is 9.64 Å². The van der Waals surface area contributed by atoms with E-state index in [2.05, 4.69) is 52.6 Å². The number of aromatic nitrogens is 1. The normalized spacial score (nSPS) is 11.3. The molecule has 4 nitrogen and oxygen atoms in total. The Morgan fingerprint density at radius 3 is 2.37 bits per heavy atom. The molecule has 0 radical (unpaired) electrons. The third-order valence-electron chi connectivity index (χ3n) is 4.03. The molecular formula is C22H32N2O2S. The number of hydrogen-bond acceptors (Lipinski definition) is 4.